The molecule has 0 aliphatic carbocycles. The highest BCUT2D eigenvalue weighted by molar-refractivity contribution is 6.30. The van der Waals surface area contributed by atoms with Crippen molar-refractivity contribution in [2.75, 3.05) is 6.79 Å². The van der Waals surface area contributed by atoms with Gasteiger partial charge in [0.25, 0.3) is 0 Å². The van der Waals surface area contributed by atoms with E-state index in [-0.39, 0.29) is 24.9 Å². The number of aryl methyl sites for hydroxylation is 1. The Bertz CT molecular complexity index is 1220. The average Bonchev–Trinajstić information content (AvgIpc) is 3.31. The predicted octanol–water partition coefficient (Wildman–Crippen LogP) is 5.61. The van der Waals surface area contributed by atoms with Gasteiger partial charge in [-0.3, -0.25) is 4.79 Å². The first kappa shape index (κ1) is 19.7. The second kappa shape index (κ2) is 7.80. The fraction of sp³-hybridized carbons (Fsp3) is 0.208. The number of Topliss-reactive ketones (excluding diaryl/α,β-unsaturated/α-hetero) is 1. The van der Waals surface area contributed by atoms with Crippen LogP contribution in [0.15, 0.2) is 46.6 Å². The summed E-state index contributed by atoms with van der Waals surface area (Å²) in [4.78, 5) is 12.7. The fourth-order valence-electron chi connectivity index (χ4n) is 3.70. The Hall–Kier alpha value is -3.22. The largest absolute Gasteiger partial charge is 0.488 e. The van der Waals surface area contributed by atoms with Crippen LogP contribution in [0.3, 0.4) is 0 Å². The van der Waals surface area contributed by atoms with Crippen LogP contribution in [0.4, 0.5) is 0 Å². The van der Waals surface area contributed by atoms with Gasteiger partial charge in [-0.1, -0.05) is 11.6 Å². The topological polar surface area (TPSA) is 67.1 Å². The Kier molecular flexibility index (Phi) is 4.96. The molecule has 6 nitrogen and oxygen atoms in total. The molecule has 7 heteroatoms. The molecule has 3 heterocycles. The molecule has 158 valence electrons. The maximum atomic E-state index is 12.7. The van der Waals surface area contributed by atoms with E-state index in [0.29, 0.717) is 34.5 Å². The van der Waals surface area contributed by atoms with Gasteiger partial charge in [-0.05, 0) is 50.2 Å². The Labute approximate surface area is 183 Å². The van der Waals surface area contributed by atoms with Crippen LogP contribution in [0.25, 0.3) is 6.08 Å². The first-order chi connectivity index (χ1) is 15.0. The van der Waals surface area contributed by atoms with E-state index in [1.54, 1.807) is 24.3 Å². The molecule has 1 aromatic heterocycles. The Balaban J connectivity index is 1.39. The van der Waals surface area contributed by atoms with E-state index in [0.717, 1.165) is 28.2 Å². The van der Waals surface area contributed by atoms with Crippen molar-refractivity contribution in [3.63, 3.8) is 0 Å². The van der Waals surface area contributed by atoms with Gasteiger partial charge in [0.1, 0.15) is 35.4 Å². The molecule has 0 unspecified atom stereocenters. The number of ketones is 1. The van der Waals surface area contributed by atoms with Crippen LogP contribution in [0.1, 0.15) is 38.6 Å². The minimum absolute atomic E-state index is 0.184. The van der Waals surface area contributed by atoms with E-state index in [1.807, 2.05) is 32.0 Å². The first-order valence-electron chi connectivity index (χ1n) is 9.78. The number of halogens is 1. The highest BCUT2D eigenvalue weighted by Gasteiger charge is 2.30. The highest BCUT2D eigenvalue weighted by Crippen LogP contribution is 2.40. The number of ether oxygens (including phenoxy) is 4. The zero-order chi connectivity index (χ0) is 21.5. The molecule has 0 bridgehead atoms. The summed E-state index contributed by atoms with van der Waals surface area (Å²) in [5, 5.41) is 0.592. The standard InChI is InChI=1S/C24H19ClO6/c1-13-3-4-18(30-13)9-21-22(26)19-5-6-20(14(2)23(19)31-21)28-11-16-8-17(25)7-15-10-27-12-29-24(15)16/h3-9H,10-12H2,1-2H3/b21-9-. The van der Waals surface area contributed by atoms with Crippen molar-refractivity contribution in [1.29, 1.82) is 0 Å². The number of fused-ring (bicyclic) bond motifs is 2. The summed E-state index contributed by atoms with van der Waals surface area (Å²) in [6.45, 7) is 4.60. The molecule has 2 aliphatic heterocycles. The zero-order valence-corrected chi connectivity index (χ0v) is 17.7. The smallest absolute Gasteiger partial charge is 0.232 e. The molecular weight excluding hydrogens is 420 g/mol. The number of carbonyl (C=O) groups is 1. The minimum atomic E-state index is -0.184. The number of allylic oxidation sites excluding steroid dienone is 1. The van der Waals surface area contributed by atoms with Crippen LogP contribution >= 0.6 is 11.6 Å². The molecule has 0 radical (unpaired) electrons. The lowest BCUT2D eigenvalue weighted by atomic mass is 10.1. The van der Waals surface area contributed by atoms with Crippen LogP contribution < -0.4 is 14.2 Å². The monoisotopic (exact) mass is 438 g/mol. The molecule has 0 saturated carbocycles. The lowest BCUT2D eigenvalue weighted by molar-refractivity contribution is -0.0175. The quantitative estimate of drug-likeness (QED) is 0.493. The predicted molar refractivity (Wildman–Crippen MR) is 114 cm³/mol. The van der Waals surface area contributed by atoms with Gasteiger partial charge < -0.3 is 23.4 Å². The van der Waals surface area contributed by atoms with Gasteiger partial charge in [-0.15, -0.1) is 0 Å². The van der Waals surface area contributed by atoms with Crippen molar-refractivity contribution in [2.45, 2.75) is 27.1 Å². The number of hydrogen-bond donors (Lipinski definition) is 0. The van der Waals surface area contributed by atoms with E-state index in [1.165, 1.54) is 0 Å². The molecule has 0 fully saturated rings. The van der Waals surface area contributed by atoms with E-state index < -0.39 is 0 Å². The van der Waals surface area contributed by atoms with Crippen molar-refractivity contribution in [3.8, 4) is 17.2 Å². The molecule has 0 saturated heterocycles. The molecule has 0 atom stereocenters. The van der Waals surface area contributed by atoms with Crippen molar-refractivity contribution in [2.24, 2.45) is 0 Å². The molecule has 2 aliphatic rings. The fourth-order valence-corrected chi connectivity index (χ4v) is 3.97. The van der Waals surface area contributed by atoms with Crippen LogP contribution in [0, 0.1) is 13.8 Å². The maximum Gasteiger partial charge on any atom is 0.232 e. The van der Waals surface area contributed by atoms with E-state index in [4.69, 9.17) is 35.0 Å². The summed E-state index contributed by atoms with van der Waals surface area (Å²) in [6.07, 6.45) is 1.60. The van der Waals surface area contributed by atoms with Crippen molar-refractivity contribution >= 4 is 23.5 Å². The van der Waals surface area contributed by atoms with Gasteiger partial charge in [-0.2, -0.15) is 0 Å². The van der Waals surface area contributed by atoms with Gasteiger partial charge in [0.2, 0.25) is 5.78 Å². The van der Waals surface area contributed by atoms with Gasteiger partial charge in [0, 0.05) is 27.8 Å². The lowest BCUT2D eigenvalue weighted by Crippen LogP contribution is -2.14. The molecule has 31 heavy (non-hydrogen) atoms. The van der Waals surface area contributed by atoms with Crippen LogP contribution in [0.2, 0.25) is 5.02 Å². The summed E-state index contributed by atoms with van der Waals surface area (Å²) in [5.74, 6) is 3.22. The second-order valence-electron chi connectivity index (χ2n) is 7.41. The van der Waals surface area contributed by atoms with Crippen molar-refractivity contribution in [1.82, 2.24) is 0 Å². The number of hydrogen-bond acceptors (Lipinski definition) is 6. The molecule has 0 N–H and O–H groups in total. The minimum Gasteiger partial charge on any atom is -0.488 e. The van der Waals surface area contributed by atoms with Gasteiger partial charge in [-0.25, -0.2) is 0 Å². The second-order valence-corrected chi connectivity index (χ2v) is 7.84. The number of benzene rings is 2. The SMILES string of the molecule is Cc1ccc(/C=C2\Oc3c(ccc(OCc4cc(Cl)cc5c4OCOC5)c3C)C2=O)o1. The molecule has 2 aromatic carbocycles. The van der Waals surface area contributed by atoms with E-state index in [9.17, 15) is 4.79 Å². The first-order valence-corrected chi connectivity index (χ1v) is 10.2. The van der Waals surface area contributed by atoms with Crippen LogP contribution in [-0.2, 0) is 18.0 Å². The summed E-state index contributed by atoms with van der Waals surface area (Å²) >= 11 is 6.23. The number of carbonyl (C=O) groups excluding carboxylic acids is 1. The average molecular weight is 439 g/mol. The molecular formula is C24H19ClO6. The summed E-state index contributed by atoms with van der Waals surface area (Å²) < 4.78 is 28.4. The Morgan fingerprint density at radius 1 is 1.13 bits per heavy atom. The third kappa shape index (κ3) is 3.69. The molecule has 5 rings (SSSR count). The van der Waals surface area contributed by atoms with E-state index in [2.05, 4.69) is 0 Å². The molecule has 0 spiro atoms. The normalized spacial score (nSPS) is 16.0. The summed E-state index contributed by atoms with van der Waals surface area (Å²) in [6, 6.07) is 10.8. The summed E-state index contributed by atoms with van der Waals surface area (Å²) in [7, 11) is 0. The van der Waals surface area contributed by atoms with Crippen LogP contribution in [-0.4, -0.2) is 12.6 Å². The number of rotatable bonds is 4. The Morgan fingerprint density at radius 3 is 2.81 bits per heavy atom. The van der Waals surface area contributed by atoms with Gasteiger partial charge >= 0.3 is 0 Å². The van der Waals surface area contributed by atoms with Crippen molar-refractivity contribution < 1.29 is 28.2 Å². The summed E-state index contributed by atoms with van der Waals surface area (Å²) in [5.41, 5.74) is 2.96. The van der Waals surface area contributed by atoms with E-state index >= 15 is 0 Å². The molecule has 3 aromatic rings. The van der Waals surface area contributed by atoms with Crippen LogP contribution in [0.5, 0.6) is 17.2 Å². The van der Waals surface area contributed by atoms with Gasteiger partial charge in [0.05, 0.1) is 12.2 Å². The lowest BCUT2D eigenvalue weighted by Gasteiger charge is -2.21. The zero-order valence-electron chi connectivity index (χ0n) is 17.0. The Morgan fingerprint density at radius 2 is 2.00 bits per heavy atom. The third-order valence-electron chi connectivity index (χ3n) is 5.21. The highest BCUT2D eigenvalue weighted by atomic mass is 35.5. The van der Waals surface area contributed by atoms with Crippen molar-refractivity contribution in [3.05, 3.63) is 81.0 Å². The maximum absolute atomic E-state index is 12.7. The third-order valence-corrected chi connectivity index (χ3v) is 5.42. The molecule has 0 amide bonds. The number of furan rings is 1. The van der Waals surface area contributed by atoms with Gasteiger partial charge in [0.15, 0.2) is 12.6 Å².